The van der Waals surface area contributed by atoms with E-state index >= 15 is 0 Å². The van der Waals surface area contributed by atoms with Crippen LogP contribution in [-0.4, -0.2) is 34.2 Å². The van der Waals surface area contributed by atoms with Crippen LogP contribution in [0.4, 0.5) is 5.13 Å². The maximum Gasteiger partial charge on any atom is 0.267 e. The summed E-state index contributed by atoms with van der Waals surface area (Å²) >= 11 is 0.542. The molecule has 0 atom stereocenters. The Kier molecular flexibility index (Phi) is 5.96. The van der Waals surface area contributed by atoms with Crippen molar-refractivity contribution in [3.05, 3.63) is 40.2 Å². The van der Waals surface area contributed by atoms with E-state index in [1.54, 1.807) is 24.3 Å². The van der Waals surface area contributed by atoms with Crippen LogP contribution in [-0.2, 0) is 16.6 Å². The summed E-state index contributed by atoms with van der Waals surface area (Å²) in [5, 5.41) is 25.0. The van der Waals surface area contributed by atoms with Gasteiger partial charge in [0, 0.05) is 11.9 Å². The third-order valence-electron chi connectivity index (χ3n) is 4.23. The van der Waals surface area contributed by atoms with Crippen molar-refractivity contribution in [1.82, 2.24) is 14.8 Å². The second-order valence-corrected chi connectivity index (χ2v) is 8.99. The minimum absolute atomic E-state index is 0.163. The number of nitrogens with two attached hydrogens (primary N) is 1. The van der Waals surface area contributed by atoms with E-state index in [1.807, 2.05) is 6.92 Å². The summed E-state index contributed by atoms with van der Waals surface area (Å²) in [6, 6.07) is 6.75. The molecule has 12 heteroatoms. The molecule has 0 bridgehead atoms. The first kappa shape index (κ1) is 20.9. The predicted octanol–water partition coefficient (Wildman–Crippen LogP) is 1.65. The number of nitrogens with zero attached hydrogens (tertiary/aromatic N) is 3. The monoisotopic (exact) mass is 437 g/mol. The largest absolute Gasteiger partial charge is 0.506 e. The molecule has 0 saturated heterocycles. The van der Waals surface area contributed by atoms with Gasteiger partial charge in [-0.3, -0.25) is 14.9 Å². The third kappa shape index (κ3) is 4.28. The van der Waals surface area contributed by atoms with Crippen LogP contribution in [0.1, 0.15) is 36.5 Å². The summed E-state index contributed by atoms with van der Waals surface area (Å²) < 4.78 is 23.6. The summed E-state index contributed by atoms with van der Waals surface area (Å²) in [6.07, 6.45) is 2.60. The van der Waals surface area contributed by atoms with Gasteiger partial charge in [0.25, 0.3) is 21.5 Å². The standard InChI is InChI=1S/C17H19N5O5S2/c1-2-3-6-9-22-11-8-5-4-7-10(11)13(23)12(15(22)25)14(24)19-16-20-21-17(28-16)29(18,26)27/h4-5,7-8,23H,2-3,6,9H2,1H3,(H2,18,26,27)(H,19,20,24). The first-order valence-corrected chi connectivity index (χ1v) is 11.1. The van der Waals surface area contributed by atoms with Crippen molar-refractivity contribution < 1.29 is 18.3 Å². The fraction of sp³-hybridized carbons (Fsp3) is 0.294. The molecule has 0 aliphatic heterocycles. The van der Waals surface area contributed by atoms with Gasteiger partial charge in [-0.2, -0.15) is 0 Å². The lowest BCUT2D eigenvalue weighted by Gasteiger charge is -2.14. The number of hydrogen-bond donors (Lipinski definition) is 3. The average molecular weight is 438 g/mol. The van der Waals surface area contributed by atoms with Crippen molar-refractivity contribution in [1.29, 1.82) is 0 Å². The Balaban J connectivity index is 2.05. The van der Waals surface area contributed by atoms with Gasteiger partial charge in [-0.1, -0.05) is 43.2 Å². The van der Waals surface area contributed by atoms with E-state index in [1.165, 1.54) is 4.57 Å². The molecule has 0 spiro atoms. The molecule has 3 rings (SSSR count). The number of rotatable bonds is 7. The van der Waals surface area contributed by atoms with Gasteiger partial charge in [0.05, 0.1) is 5.52 Å². The molecular weight excluding hydrogens is 418 g/mol. The molecule has 1 aromatic carbocycles. The summed E-state index contributed by atoms with van der Waals surface area (Å²) in [5.74, 6) is -1.37. The minimum Gasteiger partial charge on any atom is -0.506 e. The van der Waals surface area contributed by atoms with E-state index in [0.29, 0.717) is 28.8 Å². The topological polar surface area (TPSA) is 157 Å². The third-order valence-corrected chi connectivity index (χ3v) is 6.38. The molecule has 0 saturated carbocycles. The highest BCUT2D eigenvalue weighted by Gasteiger charge is 2.24. The molecule has 29 heavy (non-hydrogen) atoms. The van der Waals surface area contributed by atoms with Gasteiger partial charge >= 0.3 is 0 Å². The first-order chi connectivity index (χ1) is 13.7. The first-order valence-electron chi connectivity index (χ1n) is 8.76. The van der Waals surface area contributed by atoms with E-state index in [0.717, 1.165) is 19.3 Å². The van der Waals surface area contributed by atoms with Crippen molar-refractivity contribution in [3.8, 4) is 5.75 Å². The quantitative estimate of drug-likeness (QED) is 0.374. The van der Waals surface area contributed by atoms with Crippen molar-refractivity contribution >= 4 is 43.3 Å². The van der Waals surface area contributed by atoms with Crippen molar-refractivity contribution in [2.24, 2.45) is 5.14 Å². The van der Waals surface area contributed by atoms with Crippen LogP contribution in [0.5, 0.6) is 5.75 Å². The van der Waals surface area contributed by atoms with Crippen LogP contribution in [0.3, 0.4) is 0 Å². The molecule has 0 unspecified atom stereocenters. The molecule has 0 aliphatic carbocycles. The molecule has 4 N–H and O–H groups in total. The van der Waals surface area contributed by atoms with Crippen LogP contribution in [0.25, 0.3) is 10.9 Å². The number of aryl methyl sites for hydroxylation is 1. The zero-order valence-electron chi connectivity index (χ0n) is 15.5. The van der Waals surface area contributed by atoms with Gasteiger partial charge in [-0.05, 0) is 18.6 Å². The molecule has 3 aromatic rings. The molecule has 2 heterocycles. The van der Waals surface area contributed by atoms with Gasteiger partial charge in [0.15, 0.2) is 0 Å². The number of carbonyl (C=O) groups excluding carboxylic acids is 1. The zero-order chi connectivity index (χ0) is 21.2. The SMILES string of the molecule is CCCCCn1c(=O)c(C(=O)Nc2nnc(S(N)(=O)=O)s2)c(O)c2ccccc21. The Labute approximate surface area is 170 Å². The number of fused-ring (bicyclic) bond motifs is 1. The Hall–Kier alpha value is -2.83. The molecule has 0 radical (unpaired) electrons. The molecule has 2 aromatic heterocycles. The number of pyridine rings is 1. The van der Waals surface area contributed by atoms with Crippen molar-refractivity contribution in [2.75, 3.05) is 5.32 Å². The molecule has 0 aliphatic rings. The van der Waals surface area contributed by atoms with Crippen LogP contribution in [0, 0.1) is 0 Å². The Morgan fingerprint density at radius 3 is 2.66 bits per heavy atom. The Bertz CT molecular complexity index is 1230. The average Bonchev–Trinajstić information content (AvgIpc) is 3.13. The normalized spacial score (nSPS) is 11.7. The lowest BCUT2D eigenvalue weighted by molar-refractivity contribution is 0.102. The van der Waals surface area contributed by atoms with Gasteiger partial charge in [-0.25, -0.2) is 13.6 Å². The number of nitrogens with one attached hydrogen (secondary N) is 1. The van der Waals surface area contributed by atoms with Crippen LogP contribution in [0.2, 0.25) is 0 Å². The number of anilines is 1. The van der Waals surface area contributed by atoms with Crippen molar-refractivity contribution in [2.45, 2.75) is 37.1 Å². The van der Waals surface area contributed by atoms with E-state index < -0.39 is 37.1 Å². The number of para-hydroxylation sites is 1. The highest BCUT2D eigenvalue weighted by molar-refractivity contribution is 7.91. The highest BCUT2D eigenvalue weighted by Crippen LogP contribution is 2.27. The Morgan fingerprint density at radius 2 is 2.00 bits per heavy atom. The van der Waals surface area contributed by atoms with Crippen LogP contribution in [0.15, 0.2) is 33.4 Å². The number of primary sulfonamides is 1. The van der Waals surface area contributed by atoms with E-state index in [2.05, 4.69) is 15.5 Å². The van der Waals surface area contributed by atoms with E-state index in [-0.39, 0.29) is 5.13 Å². The molecule has 0 fully saturated rings. The number of carbonyl (C=O) groups is 1. The number of benzene rings is 1. The number of aromatic hydroxyl groups is 1. The highest BCUT2D eigenvalue weighted by atomic mass is 32.2. The van der Waals surface area contributed by atoms with E-state index in [4.69, 9.17) is 5.14 Å². The molecule has 10 nitrogen and oxygen atoms in total. The smallest absolute Gasteiger partial charge is 0.267 e. The van der Waals surface area contributed by atoms with Crippen LogP contribution >= 0.6 is 11.3 Å². The lowest BCUT2D eigenvalue weighted by Crippen LogP contribution is -2.30. The second-order valence-electron chi connectivity index (χ2n) is 6.28. The molecular formula is C17H19N5O5S2. The van der Waals surface area contributed by atoms with Crippen LogP contribution < -0.4 is 16.0 Å². The Morgan fingerprint density at radius 1 is 1.28 bits per heavy atom. The number of sulfonamides is 1. The van der Waals surface area contributed by atoms with Gasteiger partial charge < -0.3 is 9.67 Å². The fourth-order valence-corrected chi connectivity index (χ4v) is 4.20. The van der Waals surface area contributed by atoms with Gasteiger partial charge in [-0.15, -0.1) is 10.2 Å². The lowest BCUT2D eigenvalue weighted by atomic mass is 10.1. The number of amides is 1. The number of unbranched alkanes of at least 4 members (excludes halogenated alkanes) is 2. The number of aromatic nitrogens is 3. The van der Waals surface area contributed by atoms with Crippen molar-refractivity contribution in [3.63, 3.8) is 0 Å². The molecule has 1 amide bonds. The summed E-state index contributed by atoms with van der Waals surface area (Å²) in [6.45, 7) is 2.43. The summed E-state index contributed by atoms with van der Waals surface area (Å²) in [7, 11) is -4.07. The predicted molar refractivity (Wildman–Crippen MR) is 109 cm³/mol. The molecule has 154 valence electrons. The number of hydrogen-bond acceptors (Lipinski definition) is 8. The fourth-order valence-electron chi connectivity index (χ4n) is 2.87. The minimum atomic E-state index is -4.07. The van der Waals surface area contributed by atoms with Gasteiger partial charge in [0.1, 0.15) is 11.3 Å². The van der Waals surface area contributed by atoms with E-state index in [9.17, 15) is 23.1 Å². The maximum atomic E-state index is 13.0. The summed E-state index contributed by atoms with van der Waals surface area (Å²) in [5.41, 5.74) is -0.575. The second kappa shape index (κ2) is 8.27. The zero-order valence-corrected chi connectivity index (χ0v) is 17.1. The maximum absolute atomic E-state index is 13.0. The summed E-state index contributed by atoms with van der Waals surface area (Å²) in [4.78, 5) is 25.7. The van der Waals surface area contributed by atoms with Gasteiger partial charge in [0.2, 0.25) is 9.47 Å².